The lowest BCUT2D eigenvalue weighted by Crippen LogP contribution is -2.30. The molecule has 0 saturated carbocycles. The molecule has 5 nitrogen and oxygen atoms in total. The van der Waals surface area contributed by atoms with E-state index in [0.717, 1.165) is 16.7 Å². The molecule has 0 aromatic heterocycles. The Labute approximate surface area is 160 Å². The molecule has 1 atom stereocenters. The molecule has 0 saturated heterocycles. The number of anilines is 1. The Kier molecular flexibility index (Phi) is 6.61. The second-order valence-electron chi connectivity index (χ2n) is 6.65. The fourth-order valence-corrected chi connectivity index (χ4v) is 2.80. The number of esters is 1. The van der Waals surface area contributed by atoms with Crippen molar-refractivity contribution in [2.24, 2.45) is 0 Å². The summed E-state index contributed by atoms with van der Waals surface area (Å²) in [6.07, 6.45) is -0.685. The van der Waals surface area contributed by atoms with Crippen LogP contribution in [0.2, 0.25) is 0 Å². The van der Waals surface area contributed by atoms with Gasteiger partial charge >= 0.3 is 5.97 Å². The maximum absolute atomic E-state index is 12.6. The maximum atomic E-state index is 12.6. The molecule has 0 spiro atoms. The van der Waals surface area contributed by atoms with Gasteiger partial charge in [-0.05, 0) is 82.0 Å². The Morgan fingerprint density at radius 2 is 1.78 bits per heavy atom. The van der Waals surface area contributed by atoms with E-state index in [9.17, 15) is 9.59 Å². The molecule has 2 aromatic carbocycles. The molecule has 0 radical (unpaired) electrons. The second-order valence-corrected chi connectivity index (χ2v) is 6.65. The molecule has 0 bridgehead atoms. The maximum Gasteiger partial charge on any atom is 0.338 e. The Morgan fingerprint density at radius 1 is 1.07 bits per heavy atom. The number of rotatable bonds is 6. The molecule has 0 aliphatic rings. The highest BCUT2D eigenvalue weighted by Gasteiger charge is 2.19. The molecule has 5 heteroatoms. The smallest absolute Gasteiger partial charge is 0.338 e. The van der Waals surface area contributed by atoms with Crippen molar-refractivity contribution < 1.29 is 19.1 Å². The largest absolute Gasteiger partial charge is 0.481 e. The first kappa shape index (κ1) is 20.5. The van der Waals surface area contributed by atoms with Gasteiger partial charge in [-0.2, -0.15) is 0 Å². The molecular formula is C22H27NO4. The number of carbonyl (C=O) groups is 2. The SMILES string of the molecule is CCOC(=O)c1cccc(NC(=O)[C@@H](C)Oc2cc(C)cc(C)c2C)c1C. The molecule has 0 aliphatic carbocycles. The molecule has 1 N–H and O–H groups in total. The van der Waals surface area contributed by atoms with E-state index in [0.29, 0.717) is 29.2 Å². The minimum Gasteiger partial charge on any atom is -0.481 e. The molecule has 2 aromatic rings. The summed E-state index contributed by atoms with van der Waals surface area (Å²) in [5.41, 5.74) is 4.89. The molecule has 27 heavy (non-hydrogen) atoms. The Bertz CT molecular complexity index is 858. The van der Waals surface area contributed by atoms with Gasteiger partial charge in [0.25, 0.3) is 5.91 Å². The average molecular weight is 369 g/mol. The van der Waals surface area contributed by atoms with Crippen LogP contribution in [0.25, 0.3) is 0 Å². The lowest BCUT2D eigenvalue weighted by Gasteiger charge is -2.19. The lowest BCUT2D eigenvalue weighted by molar-refractivity contribution is -0.122. The number of carbonyl (C=O) groups excluding carboxylic acids is 2. The number of hydrogen-bond acceptors (Lipinski definition) is 4. The van der Waals surface area contributed by atoms with Crippen LogP contribution < -0.4 is 10.1 Å². The van der Waals surface area contributed by atoms with Crippen LogP contribution in [-0.4, -0.2) is 24.6 Å². The van der Waals surface area contributed by atoms with Gasteiger partial charge in [-0.3, -0.25) is 4.79 Å². The lowest BCUT2D eigenvalue weighted by atomic mass is 10.1. The van der Waals surface area contributed by atoms with Gasteiger partial charge in [0, 0.05) is 5.69 Å². The van der Waals surface area contributed by atoms with Gasteiger partial charge in [0.15, 0.2) is 6.10 Å². The minimum atomic E-state index is -0.685. The number of benzene rings is 2. The van der Waals surface area contributed by atoms with Crippen molar-refractivity contribution in [3.8, 4) is 5.75 Å². The summed E-state index contributed by atoms with van der Waals surface area (Å²) in [6.45, 7) is 11.5. The molecule has 0 heterocycles. The van der Waals surface area contributed by atoms with Crippen molar-refractivity contribution in [2.45, 2.75) is 47.6 Å². The predicted octanol–water partition coefficient (Wildman–Crippen LogP) is 4.50. The summed E-state index contributed by atoms with van der Waals surface area (Å²) in [6, 6.07) is 9.16. The summed E-state index contributed by atoms with van der Waals surface area (Å²) in [4.78, 5) is 24.6. The van der Waals surface area contributed by atoms with Crippen molar-refractivity contribution in [2.75, 3.05) is 11.9 Å². The van der Waals surface area contributed by atoms with Gasteiger partial charge in [0.05, 0.1) is 12.2 Å². The molecule has 1 amide bonds. The summed E-state index contributed by atoms with van der Waals surface area (Å²) >= 11 is 0. The molecule has 144 valence electrons. The zero-order valence-electron chi connectivity index (χ0n) is 16.8. The number of ether oxygens (including phenoxy) is 2. The third-order valence-corrected chi connectivity index (χ3v) is 4.52. The summed E-state index contributed by atoms with van der Waals surface area (Å²) in [5.74, 6) is 0.0195. The zero-order chi connectivity index (χ0) is 20.1. The van der Waals surface area contributed by atoms with Gasteiger partial charge in [0.2, 0.25) is 0 Å². The Hall–Kier alpha value is -2.82. The van der Waals surface area contributed by atoms with E-state index in [2.05, 4.69) is 11.4 Å². The Balaban J connectivity index is 2.15. The van der Waals surface area contributed by atoms with Crippen LogP contribution in [0.1, 0.15) is 46.5 Å². The van der Waals surface area contributed by atoms with Gasteiger partial charge in [-0.25, -0.2) is 4.79 Å². The minimum absolute atomic E-state index is 0.280. The van der Waals surface area contributed by atoms with E-state index in [-0.39, 0.29) is 5.91 Å². The van der Waals surface area contributed by atoms with E-state index >= 15 is 0 Å². The highest BCUT2D eigenvalue weighted by Crippen LogP contribution is 2.25. The van der Waals surface area contributed by atoms with Crippen molar-refractivity contribution >= 4 is 17.6 Å². The van der Waals surface area contributed by atoms with Gasteiger partial charge in [0.1, 0.15) is 5.75 Å². The summed E-state index contributed by atoms with van der Waals surface area (Å²) < 4.78 is 10.9. The van der Waals surface area contributed by atoms with Crippen molar-refractivity contribution in [1.82, 2.24) is 0 Å². The molecule has 0 unspecified atom stereocenters. The number of nitrogens with one attached hydrogen (secondary N) is 1. The topological polar surface area (TPSA) is 64.6 Å². The van der Waals surface area contributed by atoms with E-state index in [1.54, 1.807) is 39.0 Å². The zero-order valence-corrected chi connectivity index (χ0v) is 16.8. The molecule has 0 fully saturated rings. The predicted molar refractivity (Wildman–Crippen MR) is 107 cm³/mol. The van der Waals surface area contributed by atoms with E-state index in [1.165, 1.54) is 0 Å². The van der Waals surface area contributed by atoms with Crippen LogP contribution in [0.5, 0.6) is 5.75 Å². The first-order chi connectivity index (χ1) is 12.7. The van der Waals surface area contributed by atoms with E-state index < -0.39 is 12.1 Å². The summed E-state index contributed by atoms with van der Waals surface area (Å²) in [5, 5.41) is 2.84. The molecule has 2 rings (SSSR count). The third kappa shape index (κ3) is 4.88. The van der Waals surface area contributed by atoms with Crippen LogP contribution in [0.15, 0.2) is 30.3 Å². The number of aryl methyl sites for hydroxylation is 2. The third-order valence-electron chi connectivity index (χ3n) is 4.52. The van der Waals surface area contributed by atoms with Crippen LogP contribution in [0.4, 0.5) is 5.69 Å². The quantitative estimate of drug-likeness (QED) is 0.761. The van der Waals surface area contributed by atoms with Gasteiger partial charge in [-0.1, -0.05) is 12.1 Å². The standard InChI is InChI=1S/C22H27NO4/c1-7-26-22(25)18-9-8-10-19(16(18)5)23-21(24)17(6)27-20-12-13(2)11-14(3)15(20)4/h8-12,17H,7H2,1-6H3,(H,23,24)/t17-/m1/s1. The first-order valence-corrected chi connectivity index (χ1v) is 9.06. The van der Waals surface area contributed by atoms with Crippen LogP contribution in [0.3, 0.4) is 0 Å². The monoisotopic (exact) mass is 369 g/mol. The fourth-order valence-electron chi connectivity index (χ4n) is 2.80. The van der Waals surface area contributed by atoms with E-state index in [4.69, 9.17) is 9.47 Å². The van der Waals surface area contributed by atoms with Gasteiger partial charge < -0.3 is 14.8 Å². The number of amides is 1. The van der Waals surface area contributed by atoms with Crippen LogP contribution in [0, 0.1) is 27.7 Å². The van der Waals surface area contributed by atoms with Crippen molar-refractivity contribution in [1.29, 1.82) is 0 Å². The van der Waals surface area contributed by atoms with Crippen molar-refractivity contribution in [3.63, 3.8) is 0 Å². The summed E-state index contributed by atoms with van der Waals surface area (Å²) in [7, 11) is 0. The van der Waals surface area contributed by atoms with Crippen LogP contribution in [-0.2, 0) is 9.53 Å². The first-order valence-electron chi connectivity index (χ1n) is 9.06. The average Bonchev–Trinajstić information content (AvgIpc) is 2.61. The highest BCUT2D eigenvalue weighted by molar-refractivity contribution is 5.98. The van der Waals surface area contributed by atoms with Crippen molar-refractivity contribution in [3.05, 3.63) is 58.1 Å². The van der Waals surface area contributed by atoms with Crippen LogP contribution >= 0.6 is 0 Å². The van der Waals surface area contributed by atoms with Gasteiger partial charge in [-0.15, -0.1) is 0 Å². The molecular weight excluding hydrogens is 342 g/mol. The van der Waals surface area contributed by atoms with E-state index in [1.807, 2.05) is 26.8 Å². The highest BCUT2D eigenvalue weighted by atomic mass is 16.5. The fraction of sp³-hybridized carbons (Fsp3) is 0.364. The second kappa shape index (κ2) is 8.71. The molecule has 0 aliphatic heterocycles. The normalized spacial score (nSPS) is 11.6. The number of hydrogen-bond donors (Lipinski definition) is 1. The Morgan fingerprint density at radius 3 is 2.44 bits per heavy atom.